The third-order valence-corrected chi connectivity index (χ3v) is 3.79. The number of nitrogens with zero attached hydrogens (tertiary/aromatic N) is 2. The minimum atomic E-state index is -0.198. The number of carbonyl (C=O) groups excluding carboxylic acids is 2. The molecule has 1 aliphatic rings. The summed E-state index contributed by atoms with van der Waals surface area (Å²) in [5.74, 6) is -0.0737. The second-order valence-corrected chi connectivity index (χ2v) is 5.63. The fourth-order valence-corrected chi connectivity index (χ4v) is 2.43. The first-order valence-corrected chi connectivity index (χ1v) is 7.63. The van der Waals surface area contributed by atoms with E-state index in [1.54, 1.807) is 12.1 Å². The monoisotopic (exact) mass is 339 g/mol. The molecule has 1 saturated heterocycles. The van der Waals surface area contributed by atoms with Crippen molar-refractivity contribution in [3.8, 4) is 0 Å². The fourth-order valence-electron chi connectivity index (χ4n) is 2.20. The van der Waals surface area contributed by atoms with Crippen molar-refractivity contribution in [2.45, 2.75) is 25.7 Å². The topological polar surface area (TPSA) is 62.3 Å². The number of likely N-dealkylation sites (tertiary alicyclic amines) is 1. The van der Waals surface area contributed by atoms with Gasteiger partial charge in [0.05, 0.1) is 5.56 Å². The van der Waals surface area contributed by atoms with Gasteiger partial charge < -0.3 is 10.2 Å². The predicted molar refractivity (Wildman–Crippen MR) is 79.3 cm³/mol. The molecule has 0 saturated carbocycles. The number of rotatable bonds is 4. The van der Waals surface area contributed by atoms with E-state index in [1.807, 2.05) is 4.90 Å². The van der Waals surface area contributed by atoms with E-state index in [0.717, 1.165) is 25.9 Å². The van der Waals surface area contributed by atoms with Gasteiger partial charge in [-0.3, -0.25) is 9.59 Å². The fraction of sp³-hybridized carbons (Fsp3) is 0.500. The van der Waals surface area contributed by atoms with E-state index in [4.69, 9.17) is 0 Å². The lowest BCUT2D eigenvalue weighted by Gasteiger charge is -2.26. The molecule has 2 heterocycles. The molecule has 5 nitrogen and oxygen atoms in total. The number of amides is 2. The maximum Gasteiger partial charge on any atom is 0.252 e. The molecule has 1 aromatic heterocycles. The van der Waals surface area contributed by atoms with Crippen LogP contribution < -0.4 is 5.32 Å². The lowest BCUT2D eigenvalue weighted by molar-refractivity contribution is -0.131. The van der Waals surface area contributed by atoms with E-state index in [-0.39, 0.29) is 11.8 Å². The highest BCUT2D eigenvalue weighted by atomic mass is 79.9. The van der Waals surface area contributed by atoms with Crippen LogP contribution in [0, 0.1) is 0 Å². The zero-order chi connectivity index (χ0) is 14.4. The smallest absolute Gasteiger partial charge is 0.252 e. The number of halogens is 1. The maximum absolute atomic E-state index is 11.9. The largest absolute Gasteiger partial charge is 0.351 e. The van der Waals surface area contributed by atoms with Crippen LogP contribution in [0.25, 0.3) is 0 Å². The number of piperidine rings is 1. The summed E-state index contributed by atoms with van der Waals surface area (Å²) in [5.41, 5.74) is 0.499. The molecule has 0 unspecified atom stereocenters. The summed E-state index contributed by atoms with van der Waals surface area (Å²) >= 11 is 3.22. The van der Waals surface area contributed by atoms with Gasteiger partial charge in [0, 0.05) is 32.3 Å². The molecule has 1 aromatic rings. The molecule has 0 atom stereocenters. The zero-order valence-corrected chi connectivity index (χ0v) is 12.9. The molecule has 0 aliphatic carbocycles. The van der Waals surface area contributed by atoms with Crippen LogP contribution in [0.3, 0.4) is 0 Å². The molecular weight excluding hydrogens is 322 g/mol. The molecule has 1 fully saturated rings. The first-order valence-electron chi connectivity index (χ1n) is 6.84. The lowest BCUT2D eigenvalue weighted by atomic mass is 10.1. The average molecular weight is 340 g/mol. The van der Waals surface area contributed by atoms with Crippen LogP contribution in [0.2, 0.25) is 0 Å². The number of pyridine rings is 1. The van der Waals surface area contributed by atoms with Gasteiger partial charge in [0.2, 0.25) is 5.91 Å². The molecule has 0 radical (unpaired) electrons. The van der Waals surface area contributed by atoms with Crippen LogP contribution in [-0.2, 0) is 4.79 Å². The molecule has 0 bridgehead atoms. The van der Waals surface area contributed by atoms with E-state index in [2.05, 4.69) is 26.2 Å². The highest BCUT2D eigenvalue weighted by Crippen LogP contribution is 2.09. The van der Waals surface area contributed by atoms with Gasteiger partial charge in [0.1, 0.15) is 4.60 Å². The van der Waals surface area contributed by atoms with Crippen molar-refractivity contribution in [1.29, 1.82) is 0 Å². The molecule has 1 aliphatic heterocycles. The maximum atomic E-state index is 11.9. The highest BCUT2D eigenvalue weighted by Gasteiger charge is 2.16. The summed E-state index contributed by atoms with van der Waals surface area (Å²) in [6, 6.07) is 3.41. The zero-order valence-electron chi connectivity index (χ0n) is 11.3. The Labute approximate surface area is 126 Å². The predicted octanol–water partition coefficient (Wildman–Crippen LogP) is 1.98. The molecule has 20 heavy (non-hydrogen) atoms. The van der Waals surface area contributed by atoms with Crippen molar-refractivity contribution in [1.82, 2.24) is 15.2 Å². The normalized spacial score (nSPS) is 14.9. The molecule has 1 N–H and O–H groups in total. The molecule has 0 aromatic carbocycles. The van der Waals surface area contributed by atoms with Crippen molar-refractivity contribution in [3.63, 3.8) is 0 Å². The number of hydrogen-bond acceptors (Lipinski definition) is 3. The van der Waals surface area contributed by atoms with Crippen LogP contribution in [-0.4, -0.2) is 41.3 Å². The Morgan fingerprint density at radius 1 is 1.25 bits per heavy atom. The Morgan fingerprint density at radius 3 is 2.65 bits per heavy atom. The van der Waals surface area contributed by atoms with Crippen LogP contribution in [0.4, 0.5) is 0 Å². The Morgan fingerprint density at radius 2 is 2.00 bits per heavy atom. The molecule has 2 rings (SSSR count). The minimum absolute atomic E-state index is 0.124. The van der Waals surface area contributed by atoms with E-state index in [9.17, 15) is 9.59 Å². The second-order valence-electron chi connectivity index (χ2n) is 4.82. The molecule has 108 valence electrons. The van der Waals surface area contributed by atoms with Crippen molar-refractivity contribution < 1.29 is 9.59 Å². The van der Waals surface area contributed by atoms with Gasteiger partial charge in [0.25, 0.3) is 5.91 Å². The Kier molecular flexibility index (Phi) is 5.52. The third kappa shape index (κ3) is 4.30. The lowest BCUT2D eigenvalue weighted by Crippen LogP contribution is -2.37. The number of hydrogen-bond donors (Lipinski definition) is 1. The van der Waals surface area contributed by atoms with E-state index in [1.165, 1.54) is 12.6 Å². The first kappa shape index (κ1) is 15.0. The van der Waals surface area contributed by atoms with Crippen LogP contribution in [0.15, 0.2) is 22.9 Å². The quantitative estimate of drug-likeness (QED) is 0.853. The van der Waals surface area contributed by atoms with Crippen LogP contribution in [0.1, 0.15) is 36.0 Å². The Hall–Kier alpha value is -1.43. The number of nitrogens with one attached hydrogen (secondary N) is 1. The summed E-state index contributed by atoms with van der Waals surface area (Å²) in [4.78, 5) is 29.6. The Balaban J connectivity index is 1.73. The standard InChI is InChI=1S/C14H18BrN3O2/c15-12-5-4-11(10-17-12)14(20)16-7-6-13(19)18-8-2-1-3-9-18/h4-5,10H,1-3,6-9H2,(H,16,20). The van der Waals surface area contributed by atoms with Gasteiger partial charge in [-0.15, -0.1) is 0 Å². The van der Waals surface area contributed by atoms with Crippen molar-refractivity contribution in [3.05, 3.63) is 28.5 Å². The van der Waals surface area contributed by atoms with Crippen molar-refractivity contribution >= 4 is 27.7 Å². The molecule has 2 amide bonds. The van der Waals surface area contributed by atoms with Crippen molar-refractivity contribution in [2.75, 3.05) is 19.6 Å². The van der Waals surface area contributed by atoms with Gasteiger partial charge >= 0.3 is 0 Å². The average Bonchev–Trinajstić information content (AvgIpc) is 2.48. The van der Waals surface area contributed by atoms with E-state index >= 15 is 0 Å². The summed E-state index contributed by atoms with van der Waals surface area (Å²) in [5, 5.41) is 2.75. The van der Waals surface area contributed by atoms with Gasteiger partial charge in [-0.05, 0) is 47.3 Å². The summed E-state index contributed by atoms with van der Waals surface area (Å²) in [6.07, 6.45) is 5.24. The number of carbonyl (C=O) groups is 2. The molecular formula is C14H18BrN3O2. The first-order chi connectivity index (χ1) is 9.66. The van der Waals surface area contributed by atoms with E-state index < -0.39 is 0 Å². The highest BCUT2D eigenvalue weighted by molar-refractivity contribution is 9.10. The van der Waals surface area contributed by atoms with Gasteiger partial charge in [-0.25, -0.2) is 4.98 Å². The summed E-state index contributed by atoms with van der Waals surface area (Å²) < 4.78 is 0.689. The van der Waals surface area contributed by atoms with Gasteiger partial charge in [0.15, 0.2) is 0 Å². The molecule has 0 spiro atoms. The van der Waals surface area contributed by atoms with Crippen LogP contribution in [0.5, 0.6) is 0 Å². The summed E-state index contributed by atoms with van der Waals surface area (Å²) in [6.45, 7) is 2.07. The minimum Gasteiger partial charge on any atom is -0.351 e. The third-order valence-electron chi connectivity index (χ3n) is 3.32. The second kappa shape index (κ2) is 7.38. The van der Waals surface area contributed by atoms with E-state index in [0.29, 0.717) is 23.1 Å². The van der Waals surface area contributed by atoms with Gasteiger partial charge in [-0.1, -0.05) is 0 Å². The van der Waals surface area contributed by atoms with Crippen molar-refractivity contribution in [2.24, 2.45) is 0 Å². The SMILES string of the molecule is O=C(NCCC(=O)N1CCCCC1)c1ccc(Br)nc1. The van der Waals surface area contributed by atoms with Crippen LogP contribution >= 0.6 is 15.9 Å². The van der Waals surface area contributed by atoms with Gasteiger partial charge in [-0.2, -0.15) is 0 Å². The summed E-state index contributed by atoms with van der Waals surface area (Å²) in [7, 11) is 0. The Bertz CT molecular complexity index is 470. The molecule has 6 heteroatoms. The number of aromatic nitrogens is 1.